The van der Waals surface area contributed by atoms with Gasteiger partial charge in [-0.2, -0.15) is 0 Å². The Hall–Kier alpha value is -3.33. The van der Waals surface area contributed by atoms with E-state index in [0.717, 1.165) is 48.9 Å². The SMILES string of the molecule is COc1ccc(CCC(=O)N2CCN(C(=O)NCc3ccnc(N4CCN(C)CC4)c3)CC2)cc1. The zero-order valence-electron chi connectivity index (χ0n) is 20.8. The maximum absolute atomic E-state index is 12.7. The molecule has 2 aliphatic heterocycles. The number of hydrogen-bond donors (Lipinski definition) is 1. The molecule has 35 heavy (non-hydrogen) atoms. The van der Waals surface area contributed by atoms with Crippen LogP contribution in [0.3, 0.4) is 0 Å². The maximum atomic E-state index is 12.7. The Morgan fingerprint density at radius 3 is 2.29 bits per heavy atom. The molecule has 1 aromatic carbocycles. The van der Waals surface area contributed by atoms with Crippen LogP contribution in [0.4, 0.5) is 10.6 Å². The number of ether oxygens (including phenoxy) is 1. The summed E-state index contributed by atoms with van der Waals surface area (Å²) in [5.74, 6) is 1.91. The Morgan fingerprint density at radius 1 is 0.914 bits per heavy atom. The molecule has 0 atom stereocenters. The lowest BCUT2D eigenvalue weighted by Gasteiger charge is -2.35. The topological polar surface area (TPSA) is 81.2 Å². The van der Waals surface area contributed by atoms with E-state index in [4.69, 9.17) is 4.74 Å². The summed E-state index contributed by atoms with van der Waals surface area (Å²) in [4.78, 5) is 38.1. The van der Waals surface area contributed by atoms with Crippen LogP contribution in [-0.4, -0.2) is 98.1 Å². The average molecular weight is 481 g/mol. The number of urea groups is 1. The zero-order chi connectivity index (χ0) is 24.6. The Labute approximate surface area is 207 Å². The second-order valence-electron chi connectivity index (χ2n) is 9.19. The molecule has 0 aliphatic carbocycles. The summed E-state index contributed by atoms with van der Waals surface area (Å²) < 4.78 is 5.18. The largest absolute Gasteiger partial charge is 0.497 e. The van der Waals surface area contributed by atoms with Gasteiger partial charge in [-0.05, 0) is 48.9 Å². The van der Waals surface area contributed by atoms with Crippen molar-refractivity contribution in [2.75, 3.05) is 71.4 Å². The van der Waals surface area contributed by atoms with Crippen LogP contribution >= 0.6 is 0 Å². The van der Waals surface area contributed by atoms with Crippen LogP contribution < -0.4 is 15.0 Å². The van der Waals surface area contributed by atoms with Gasteiger partial charge < -0.3 is 29.7 Å². The number of aryl methyl sites for hydroxylation is 1. The third kappa shape index (κ3) is 6.85. The van der Waals surface area contributed by atoms with E-state index in [1.807, 2.05) is 41.4 Å². The molecule has 0 radical (unpaired) electrons. The third-order valence-electron chi connectivity index (χ3n) is 6.79. The standard InChI is InChI=1S/C26H36N6O3/c1-29-11-13-30(14-12-29)24-19-22(9-10-27-24)20-28-26(34)32-17-15-31(16-18-32)25(33)8-5-21-3-6-23(35-2)7-4-21/h3-4,6-7,9-10,19H,5,8,11-18,20H2,1-2H3,(H,28,34). The van der Waals surface area contributed by atoms with Gasteiger partial charge in [0.1, 0.15) is 11.6 Å². The number of benzene rings is 1. The molecule has 4 rings (SSSR count). The first kappa shape index (κ1) is 24.8. The number of carbonyl (C=O) groups excluding carboxylic acids is 2. The predicted octanol–water partition coefficient (Wildman–Crippen LogP) is 1.83. The number of aromatic nitrogens is 1. The molecule has 3 amide bonds. The molecule has 9 nitrogen and oxygen atoms in total. The fourth-order valence-corrected chi connectivity index (χ4v) is 4.43. The Morgan fingerprint density at radius 2 is 1.60 bits per heavy atom. The van der Waals surface area contributed by atoms with E-state index in [0.29, 0.717) is 45.6 Å². The Kier molecular flexibility index (Phi) is 8.41. The summed E-state index contributed by atoms with van der Waals surface area (Å²) in [6, 6.07) is 11.7. The van der Waals surface area contributed by atoms with E-state index in [9.17, 15) is 9.59 Å². The van der Waals surface area contributed by atoms with Crippen molar-refractivity contribution in [2.45, 2.75) is 19.4 Å². The number of rotatable bonds is 7. The highest BCUT2D eigenvalue weighted by Crippen LogP contribution is 2.16. The van der Waals surface area contributed by atoms with Gasteiger partial charge in [-0.15, -0.1) is 0 Å². The van der Waals surface area contributed by atoms with Crippen LogP contribution in [0.2, 0.25) is 0 Å². The van der Waals surface area contributed by atoms with Crippen LogP contribution in [0, 0.1) is 0 Å². The number of nitrogens with one attached hydrogen (secondary N) is 1. The molecule has 2 fully saturated rings. The number of pyridine rings is 1. The molecule has 0 saturated carbocycles. The lowest BCUT2D eigenvalue weighted by atomic mass is 10.1. The number of anilines is 1. The predicted molar refractivity (Wildman–Crippen MR) is 136 cm³/mol. The van der Waals surface area contributed by atoms with Gasteiger partial charge in [0.15, 0.2) is 0 Å². The number of carbonyl (C=O) groups is 2. The lowest BCUT2D eigenvalue weighted by molar-refractivity contribution is -0.132. The van der Waals surface area contributed by atoms with Crippen molar-refractivity contribution in [3.05, 3.63) is 53.7 Å². The van der Waals surface area contributed by atoms with Crippen LogP contribution in [0.15, 0.2) is 42.6 Å². The maximum Gasteiger partial charge on any atom is 0.317 e. The van der Waals surface area contributed by atoms with Crippen molar-refractivity contribution in [3.8, 4) is 5.75 Å². The quantitative estimate of drug-likeness (QED) is 0.651. The minimum atomic E-state index is -0.0895. The molecule has 0 spiro atoms. The van der Waals surface area contributed by atoms with Crippen molar-refractivity contribution in [1.82, 2.24) is 25.0 Å². The molecule has 1 aromatic heterocycles. The summed E-state index contributed by atoms with van der Waals surface area (Å²) in [5.41, 5.74) is 2.15. The van der Waals surface area contributed by atoms with Crippen LogP contribution in [0.25, 0.3) is 0 Å². The van der Waals surface area contributed by atoms with Crippen LogP contribution in [-0.2, 0) is 17.8 Å². The number of hydrogen-bond acceptors (Lipinski definition) is 6. The van der Waals surface area contributed by atoms with Gasteiger partial charge in [0.05, 0.1) is 7.11 Å². The average Bonchev–Trinajstić information content (AvgIpc) is 2.91. The first-order valence-corrected chi connectivity index (χ1v) is 12.3. The fraction of sp³-hybridized carbons (Fsp3) is 0.500. The number of methoxy groups -OCH3 is 1. The number of piperazine rings is 2. The van der Waals surface area contributed by atoms with E-state index in [2.05, 4.69) is 33.2 Å². The van der Waals surface area contributed by atoms with Gasteiger partial charge >= 0.3 is 6.03 Å². The number of amides is 3. The van der Waals surface area contributed by atoms with Gasteiger partial charge in [0.25, 0.3) is 0 Å². The van der Waals surface area contributed by atoms with Crippen molar-refractivity contribution >= 4 is 17.8 Å². The molecule has 0 bridgehead atoms. The summed E-state index contributed by atoms with van der Waals surface area (Å²) in [6.45, 7) is 6.66. The monoisotopic (exact) mass is 480 g/mol. The van der Waals surface area contributed by atoms with Gasteiger partial charge in [-0.1, -0.05) is 12.1 Å². The van der Waals surface area contributed by atoms with E-state index in [1.54, 1.807) is 12.0 Å². The van der Waals surface area contributed by atoms with E-state index >= 15 is 0 Å². The second-order valence-corrected chi connectivity index (χ2v) is 9.19. The van der Waals surface area contributed by atoms with Crippen LogP contribution in [0.5, 0.6) is 5.75 Å². The van der Waals surface area contributed by atoms with Crippen molar-refractivity contribution in [1.29, 1.82) is 0 Å². The first-order chi connectivity index (χ1) is 17.0. The minimum absolute atomic E-state index is 0.0895. The summed E-state index contributed by atoms with van der Waals surface area (Å²) in [6.07, 6.45) is 2.98. The molecular weight excluding hydrogens is 444 g/mol. The molecule has 2 aromatic rings. The highest BCUT2D eigenvalue weighted by atomic mass is 16.5. The zero-order valence-corrected chi connectivity index (χ0v) is 20.8. The van der Waals surface area contributed by atoms with Crippen LogP contribution in [0.1, 0.15) is 17.5 Å². The Balaban J connectivity index is 1.18. The Bertz CT molecular complexity index is 983. The summed E-state index contributed by atoms with van der Waals surface area (Å²) >= 11 is 0. The molecular formula is C26H36N6O3. The van der Waals surface area contributed by atoms with Gasteiger partial charge in [-0.3, -0.25) is 4.79 Å². The fourth-order valence-electron chi connectivity index (χ4n) is 4.43. The van der Waals surface area contributed by atoms with Crippen molar-refractivity contribution in [3.63, 3.8) is 0 Å². The highest BCUT2D eigenvalue weighted by molar-refractivity contribution is 5.78. The highest BCUT2D eigenvalue weighted by Gasteiger charge is 2.24. The number of likely N-dealkylation sites (N-methyl/N-ethyl adjacent to an activating group) is 1. The van der Waals surface area contributed by atoms with Gasteiger partial charge in [0.2, 0.25) is 5.91 Å². The first-order valence-electron chi connectivity index (χ1n) is 12.3. The summed E-state index contributed by atoms with van der Waals surface area (Å²) in [5, 5.41) is 3.02. The molecule has 188 valence electrons. The molecule has 3 heterocycles. The van der Waals surface area contributed by atoms with Crippen molar-refractivity contribution in [2.24, 2.45) is 0 Å². The summed E-state index contributed by atoms with van der Waals surface area (Å²) in [7, 11) is 3.78. The van der Waals surface area contributed by atoms with Crippen molar-refractivity contribution < 1.29 is 14.3 Å². The van der Waals surface area contributed by atoms with Gasteiger partial charge in [0, 0.05) is 71.5 Å². The third-order valence-corrected chi connectivity index (χ3v) is 6.79. The van der Waals surface area contributed by atoms with Gasteiger partial charge in [-0.25, -0.2) is 9.78 Å². The van der Waals surface area contributed by atoms with E-state index < -0.39 is 0 Å². The van der Waals surface area contributed by atoms with E-state index in [-0.39, 0.29) is 11.9 Å². The normalized spacial score (nSPS) is 16.8. The molecule has 9 heteroatoms. The molecule has 0 unspecified atom stereocenters. The smallest absolute Gasteiger partial charge is 0.317 e. The minimum Gasteiger partial charge on any atom is -0.497 e. The second kappa shape index (κ2) is 11.9. The number of nitrogens with zero attached hydrogens (tertiary/aromatic N) is 5. The molecule has 2 saturated heterocycles. The lowest BCUT2D eigenvalue weighted by Crippen LogP contribution is -2.53. The molecule has 1 N–H and O–H groups in total. The molecule has 2 aliphatic rings. The van der Waals surface area contributed by atoms with E-state index in [1.165, 1.54) is 0 Å².